The molecule has 0 bridgehead atoms. The van der Waals surface area contributed by atoms with E-state index in [4.69, 9.17) is 4.74 Å². The van der Waals surface area contributed by atoms with E-state index in [-0.39, 0.29) is 11.4 Å². The van der Waals surface area contributed by atoms with Crippen LogP contribution in [0.2, 0.25) is 0 Å². The Labute approximate surface area is 91.9 Å². The maximum atomic E-state index is 11.1. The molecule has 0 aliphatic carbocycles. The molecular formula is C10H11NO5. The van der Waals surface area contributed by atoms with Gasteiger partial charge in [0.25, 0.3) is 5.69 Å². The summed E-state index contributed by atoms with van der Waals surface area (Å²) in [5.74, 6) is -0.279. The molecule has 86 valence electrons. The zero-order valence-corrected chi connectivity index (χ0v) is 8.88. The third-order valence-corrected chi connectivity index (χ3v) is 1.87. The maximum absolute atomic E-state index is 11.1. The monoisotopic (exact) mass is 225 g/mol. The van der Waals surface area contributed by atoms with Crippen molar-refractivity contribution in [1.29, 1.82) is 0 Å². The molecule has 0 saturated carbocycles. The third-order valence-electron chi connectivity index (χ3n) is 1.87. The molecule has 0 N–H and O–H groups in total. The van der Waals surface area contributed by atoms with Gasteiger partial charge in [0.2, 0.25) is 0 Å². The van der Waals surface area contributed by atoms with E-state index in [0.29, 0.717) is 0 Å². The van der Waals surface area contributed by atoms with Gasteiger partial charge in [0.1, 0.15) is 5.75 Å². The van der Waals surface area contributed by atoms with E-state index >= 15 is 0 Å². The summed E-state index contributed by atoms with van der Waals surface area (Å²) in [5, 5.41) is 10.5. The molecule has 1 unspecified atom stereocenters. The van der Waals surface area contributed by atoms with Crippen LogP contribution in [-0.4, -0.2) is 24.1 Å². The van der Waals surface area contributed by atoms with Crippen LogP contribution in [0.4, 0.5) is 5.69 Å². The Hall–Kier alpha value is -2.11. The van der Waals surface area contributed by atoms with Crippen molar-refractivity contribution in [2.45, 2.75) is 13.0 Å². The molecule has 6 nitrogen and oxygen atoms in total. The Morgan fingerprint density at radius 1 is 1.50 bits per heavy atom. The smallest absolute Gasteiger partial charge is 0.346 e. The van der Waals surface area contributed by atoms with Crippen LogP contribution >= 0.6 is 0 Å². The summed E-state index contributed by atoms with van der Waals surface area (Å²) in [6.45, 7) is 1.50. The molecular weight excluding hydrogens is 214 g/mol. The number of hydrogen-bond acceptors (Lipinski definition) is 5. The molecule has 0 amide bonds. The van der Waals surface area contributed by atoms with Gasteiger partial charge in [0.15, 0.2) is 6.10 Å². The van der Waals surface area contributed by atoms with E-state index in [1.807, 2.05) is 0 Å². The van der Waals surface area contributed by atoms with Crippen molar-refractivity contribution >= 4 is 11.7 Å². The first-order valence-corrected chi connectivity index (χ1v) is 4.53. The van der Waals surface area contributed by atoms with Crippen molar-refractivity contribution in [2.75, 3.05) is 7.11 Å². The highest BCUT2D eigenvalue weighted by molar-refractivity contribution is 5.74. The molecule has 0 spiro atoms. The molecule has 0 saturated heterocycles. The Bertz CT molecular complexity index is 404. The minimum Gasteiger partial charge on any atom is -0.479 e. The number of non-ortho nitro benzene ring substituents is 1. The molecule has 16 heavy (non-hydrogen) atoms. The van der Waals surface area contributed by atoms with Gasteiger partial charge in [-0.05, 0) is 13.0 Å². The number of nitro groups is 1. The van der Waals surface area contributed by atoms with Gasteiger partial charge in [0.05, 0.1) is 18.1 Å². The van der Waals surface area contributed by atoms with Crippen LogP contribution in [-0.2, 0) is 9.53 Å². The molecule has 1 aromatic carbocycles. The van der Waals surface area contributed by atoms with Crippen LogP contribution in [0.1, 0.15) is 6.92 Å². The summed E-state index contributed by atoms with van der Waals surface area (Å²) in [6, 6.07) is 5.61. The van der Waals surface area contributed by atoms with Gasteiger partial charge in [-0.15, -0.1) is 0 Å². The van der Waals surface area contributed by atoms with E-state index in [0.717, 1.165) is 0 Å². The van der Waals surface area contributed by atoms with E-state index < -0.39 is 17.0 Å². The quantitative estimate of drug-likeness (QED) is 0.441. The fourth-order valence-electron chi connectivity index (χ4n) is 1.09. The van der Waals surface area contributed by atoms with Gasteiger partial charge in [-0.1, -0.05) is 6.07 Å². The summed E-state index contributed by atoms with van der Waals surface area (Å²) in [4.78, 5) is 21.0. The lowest BCUT2D eigenvalue weighted by molar-refractivity contribution is -0.384. The second kappa shape index (κ2) is 5.11. The molecule has 0 heterocycles. The summed E-state index contributed by atoms with van der Waals surface area (Å²) < 4.78 is 9.64. The third kappa shape index (κ3) is 2.94. The number of carbonyl (C=O) groups excluding carboxylic acids is 1. The lowest BCUT2D eigenvalue weighted by Gasteiger charge is -2.11. The minimum absolute atomic E-state index is 0.0884. The minimum atomic E-state index is -0.799. The normalized spacial score (nSPS) is 11.6. The molecule has 0 aromatic heterocycles. The number of carbonyl (C=O) groups is 1. The van der Waals surface area contributed by atoms with Gasteiger partial charge in [-0.25, -0.2) is 4.79 Å². The number of nitrogens with zero attached hydrogens (tertiary/aromatic N) is 1. The van der Waals surface area contributed by atoms with Gasteiger partial charge in [0, 0.05) is 6.07 Å². The Morgan fingerprint density at radius 3 is 2.75 bits per heavy atom. The summed E-state index contributed by atoms with van der Waals surface area (Å²) in [5.41, 5.74) is -0.0884. The number of esters is 1. The average molecular weight is 225 g/mol. The summed E-state index contributed by atoms with van der Waals surface area (Å²) in [7, 11) is 1.25. The number of methoxy groups -OCH3 is 1. The molecule has 0 aliphatic rings. The molecule has 1 rings (SSSR count). The van der Waals surface area contributed by atoms with Crippen molar-refractivity contribution in [3.05, 3.63) is 34.4 Å². The Morgan fingerprint density at radius 2 is 2.19 bits per heavy atom. The van der Waals surface area contributed by atoms with Gasteiger partial charge in [-0.3, -0.25) is 10.1 Å². The molecule has 0 fully saturated rings. The zero-order valence-electron chi connectivity index (χ0n) is 8.88. The van der Waals surface area contributed by atoms with Crippen LogP contribution < -0.4 is 4.74 Å². The topological polar surface area (TPSA) is 78.7 Å². The molecule has 0 radical (unpaired) electrons. The highest BCUT2D eigenvalue weighted by atomic mass is 16.6. The largest absolute Gasteiger partial charge is 0.479 e. The van der Waals surface area contributed by atoms with E-state index in [9.17, 15) is 14.9 Å². The van der Waals surface area contributed by atoms with E-state index in [1.54, 1.807) is 0 Å². The van der Waals surface area contributed by atoms with Gasteiger partial charge < -0.3 is 9.47 Å². The predicted molar refractivity (Wildman–Crippen MR) is 55.2 cm³/mol. The molecule has 1 aromatic rings. The second-order valence-electron chi connectivity index (χ2n) is 3.04. The lowest BCUT2D eigenvalue weighted by atomic mass is 10.3. The number of ether oxygens (including phenoxy) is 2. The van der Waals surface area contributed by atoms with Crippen molar-refractivity contribution in [2.24, 2.45) is 0 Å². The van der Waals surface area contributed by atoms with Crippen LogP contribution in [0, 0.1) is 10.1 Å². The average Bonchev–Trinajstić information content (AvgIpc) is 2.28. The van der Waals surface area contributed by atoms with Crippen molar-refractivity contribution in [3.63, 3.8) is 0 Å². The van der Waals surface area contributed by atoms with Crippen molar-refractivity contribution in [3.8, 4) is 5.75 Å². The standard InChI is InChI=1S/C10H11NO5/c1-7(10(12)15-2)16-9-5-3-4-8(6-9)11(13)14/h3-7H,1-2H3. The summed E-state index contributed by atoms with van der Waals surface area (Å²) >= 11 is 0. The highest BCUT2D eigenvalue weighted by Crippen LogP contribution is 2.20. The van der Waals surface area contributed by atoms with Gasteiger partial charge in [-0.2, -0.15) is 0 Å². The first-order valence-electron chi connectivity index (χ1n) is 4.53. The Kier molecular flexibility index (Phi) is 3.82. The molecule has 6 heteroatoms. The van der Waals surface area contributed by atoms with E-state index in [1.165, 1.54) is 38.3 Å². The number of hydrogen-bond donors (Lipinski definition) is 0. The highest BCUT2D eigenvalue weighted by Gasteiger charge is 2.16. The lowest BCUT2D eigenvalue weighted by Crippen LogP contribution is -2.24. The fourth-order valence-corrected chi connectivity index (χ4v) is 1.09. The van der Waals surface area contributed by atoms with Crippen LogP contribution in [0.15, 0.2) is 24.3 Å². The summed E-state index contributed by atoms with van der Waals surface area (Å²) in [6.07, 6.45) is -0.799. The van der Waals surface area contributed by atoms with E-state index in [2.05, 4.69) is 4.74 Å². The SMILES string of the molecule is COC(=O)C(C)Oc1cccc([N+](=O)[O-])c1. The Balaban J connectivity index is 2.78. The first-order chi connectivity index (χ1) is 7.54. The van der Waals surface area contributed by atoms with Crippen molar-refractivity contribution < 1.29 is 19.2 Å². The second-order valence-corrected chi connectivity index (χ2v) is 3.04. The van der Waals surface area contributed by atoms with Crippen LogP contribution in [0.3, 0.4) is 0 Å². The number of benzene rings is 1. The molecule has 1 atom stereocenters. The van der Waals surface area contributed by atoms with Crippen LogP contribution in [0.25, 0.3) is 0 Å². The van der Waals surface area contributed by atoms with Crippen LogP contribution in [0.5, 0.6) is 5.75 Å². The first kappa shape index (κ1) is 12.0. The van der Waals surface area contributed by atoms with Gasteiger partial charge >= 0.3 is 5.97 Å². The number of rotatable bonds is 4. The fraction of sp³-hybridized carbons (Fsp3) is 0.300. The maximum Gasteiger partial charge on any atom is 0.346 e. The van der Waals surface area contributed by atoms with Crippen molar-refractivity contribution in [1.82, 2.24) is 0 Å². The predicted octanol–water partition coefficient (Wildman–Crippen LogP) is 1.54. The molecule has 0 aliphatic heterocycles. The zero-order chi connectivity index (χ0) is 12.1. The number of nitro benzene ring substituents is 1.